The molecular formula is C23H29N5O2. The summed E-state index contributed by atoms with van der Waals surface area (Å²) in [5.74, 6) is -0.144. The Morgan fingerprint density at radius 1 is 1.20 bits per heavy atom. The molecule has 0 aliphatic carbocycles. The van der Waals surface area contributed by atoms with Crippen LogP contribution in [-0.2, 0) is 13.6 Å². The monoisotopic (exact) mass is 407 g/mol. The lowest BCUT2D eigenvalue weighted by Gasteiger charge is -2.39. The summed E-state index contributed by atoms with van der Waals surface area (Å²) in [4.78, 5) is 15.1. The highest BCUT2D eigenvalue weighted by molar-refractivity contribution is 6.02. The fraction of sp³-hybridized carbons (Fsp3) is 0.435. The predicted octanol–water partition coefficient (Wildman–Crippen LogP) is 4.40. The number of nitrogens with one attached hydrogen (secondary N) is 1. The van der Waals surface area contributed by atoms with Crippen LogP contribution in [-0.4, -0.2) is 37.8 Å². The van der Waals surface area contributed by atoms with Crippen molar-refractivity contribution in [2.45, 2.75) is 58.7 Å². The molecule has 0 spiro atoms. The highest BCUT2D eigenvalue weighted by Gasteiger charge is 2.24. The maximum atomic E-state index is 12.6. The molecule has 1 amide bonds. The van der Waals surface area contributed by atoms with E-state index in [1.165, 1.54) is 24.8 Å². The maximum Gasteiger partial charge on any atom is 0.294 e. The Balaban J connectivity index is 1.40. The summed E-state index contributed by atoms with van der Waals surface area (Å²) in [6, 6.07) is 10.9. The van der Waals surface area contributed by atoms with Crippen molar-refractivity contribution < 1.29 is 9.32 Å². The first-order valence-electron chi connectivity index (χ1n) is 10.5. The number of aryl methyl sites for hydroxylation is 1. The number of hydrogen-bond donors (Lipinski definition) is 1. The van der Waals surface area contributed by atoms with Crippen molar-refractivity contribution >= 4 is 11.6 Å². The number of hydrogen-bond acceptors (Lipinski definition) is 5. The average Bonchev–Trinajstić information content (AvgIpc) is 3.34. The van der Waals surface area contributed by atoms with E-state index in [0.29, 0.717) is 17.8 Å². The third-order valence-electron chi connectivity index (χ3n) is 6.20. The number of aromatic nitrogens is 3. The van der Waals surface area contributed by atoms with Crippen molar-refractivity contribution in [3.05, 3.63) is 53.5 Å². The first-order valence-corrected chi connectivity index (χ1v) is 10.5. The number of rotatable bonds is 5. The smallest absolute Gasteiger partial charge is 0.294 e. The van der Waals surface area contributed by atoms with Gasteiger partial charge in [0.2, 0.25) is 5.76 Å². The molecule has 1 aromatic carbocycles. The van der Waals surface area contributed by atoms with E-state index >= 15 is 0 Å². The second-order valence-electron chi connectivity index (χ2n) is 8.30. The highest BCUT2D eigenvalue weighted by atomic mass is 16.5. The van der Waals surface area contributed by atoms with Crippen molar-refractivity contribution in [1.29, 1.82) is 0 Å². The fourth-order valence-electron chi connectivity index (χ4n) is 4.14. The number of anilines is 1. The molecule has 4 rings (SSSR count). The normalized spacial score (nSPS) is 19.7. The Labute approximate surface area is 177 Å². The lowest BCUT2D eigenvalue weighted by atomic mass is 9.97. The molecular weight excluding hydrogens is 378 g/mol. The molecule has 1 saturated heterocycles. The number of piperidine rings is 1. The average molecular weight is 408 g/mol. The third kappa shape index (κ3) is 4.16. The van der Waals surface area contributed by atoms with Gasteiger partial charge in [0.15, 0.2) is 0 Å². The maximum absolute atomic E-state index is 12.6. The zero-order valence-corrected chi connectivity index (χ0v) is 18.1. The number of nitrogens with zero attached hydrogens (tertiary/aromatic N) is 4. The van der Waals surface area contributed by atoms with Gasteiger partial charge in [0.1, 0.15) is 5.69 Å². The van der Waals surface area contributed by atoms with E-state index in [1.807, 2.05) is 26.1 Å². The number of likely N-dealkylation sites (tertiary alicyclic amines) is 1. The number of carbonyl (C=O) groups is 1. The van der Waals surface area contributed by atoms with E-state index in [9.17, 15) is 4.79 Å². The fourth-order valence-corrected chi connectivity index (χ4v) is 4.14. The lowest BCUT2D eigenvalue weighted by Crippen LogP contribution is -2.42. The van der Waals surface area contributed by atoms with Crippen LogP contribution in [0, 0.1) is 6.92 Å². The summed E-state index contributed by atoms with van der Waals surface area (Å²) < 4.78 is 7.02. The van der Waals surface area contributed by atoms with Crippen molar-refractivity contribution in [3.63, 3.8) is 0 Å². The van der Waals surface area contributed by atoms with Gasteiger partial charge in [-0.1, -0.05) is 23.7 Å². The van der Waals surface area contributed by atoms with E-state index in [4.69, 9.17) is 4.52 Å². The van der Waals surface area contributed by atoms with Crippen LogP contribution in [0.25, 0.3) is 11.3 Å². The topological polar surface area (TPSA) is 76.2 Å². The quantitative estimate of drug-likeness (QED) is 0.678. The second kappa shape index (κ2) is 8.44. The first-order chi connectivity index (χ1) is 14.4. The van der Waals surface area contributed by atoms with Crippen LogP contribution >= 0.6 is 0 Å². The Hall–Kier alpha value is -2.93. The van der Waals surface area contributed by atoms with Gasteiger partial charge in [-0.15, -0.1) is 0 Å². The summed E-state index contributed by atoms with van der Waals surface area (Å²) in [6.45, 7) is 7.50. The molecule has 0 saturated carbocycles. The summed E-state index contributed by atoms with van der Waals surface area (Å²) in [5, 5.41) is 11.1. The standard InChI is InChI=1S/C23H29N5O2/c1-15-6-5-7-16(2)28(15)14-18-8-10-19(11-9-18)25-23(29)22-12-21(26-30-22)20-13-24-27(4)17(20)3/h8-13,15-16H,5-7,14H2,1-4H3,(H,25,29). The van der Waals surface area contributed by atoms with Gasteiger partial charge in [-0.3, -0.25) is 14.4 Å². The van der Waals surface area contributed by atoms with Crippen LogP contribution < -0.4 is 5.32 Å². The van der Waals surface area contributed by atoms with E-state index in [2.05, 4.69) is 46.5 Å². The number of amides is 1. The van der Waals surface area contributed by atoms with Crippen molar-refractivity contribution in [3.8, 4) is 11.3 Å². The molecule has 0 bridgehead atoms. The molecule has 2 unspecified atom stereocenters. The van der Waals surface area contributed by atoms with Crippen LogP contribution in [0.5, 0.6) is 0 Å². The molecule has 7 nitrogen and oxygen atoms in total. The lowest BCUT2D eigenvalue weighted by molar-refractivity contribution is 0.0953. The minimum absolute atomic E-state index is 0.174. The van der Waals surface area contributed by atoms with Gasteiger partial charge in [0.25, 0.3) is 5.91 Å². The van der Waals surface area contributed by atoms with Gasteiger partial charge < -0.3 is 9.84 Å². The van der Waals surface area contributed by atoms with Gasteiger partial charge in [-0.25, -0.2) is 0 Å². The largest absolute Gasteiger partial charge is 0.350 e. The first kappa shape index (κ1) is 20.3. The molecule has 1 N–H and O–H groups in total. The van der Waals surface area contributed by atoms with Crippen molar-refractivity contribution in [2.75, 3.05) is 5.32 Å². The Bertz CT molecular complexity index is 1010. The minimum Gasteiger partial charge on any atom is -0.350 e. The number of benzene rings is 1. The van der Waals surface area contributed by atoms with Crippen LogP contribution in [0.15, 0.2) is 41.1 Å². The van der Waals surface area contributed by atoms with E-state index < -0.39 is 0 Å². The second-order valence-corrected chi connectivity index (χ2v) is 8.30. The molecule has 1 fully saturated rings. The van der Waals surface area contributed by atoms with Gasteiger partial charge in [0.05, 0.1) is 6.20 Å². The van der Waals surface area contributed by atoms with Gasteiger partial charge in [0, 0.05) is 48.7 Å². The van der Waals surface area contributed by atoms with Crippen LogP contribution in [0.4, 0.5) is 5.69 Å². The summed E-state index contributed by atoms with van der Waals surface area (Å²) in [5.41, 5.74) is 4.40. The molecule has 7 heteroatoms. The molecule has 0 radical (unpaired) electrons. The summed E-state index contributed by atoms with van der Waals surface area (Å²) in [6.07, 6.45) is 5.55. The molecule has 3 aromatic rings. The van der Waals surface area contributed by atoms with E-state index in [1.54, 1.807) is 16.9 Å². The van der Waals surface area contributed by atoms with Crippen molar-refractivity contribution in [1.82, 2.24) is 19.8 Å². The van der Waals surface area contributed by atoms with Crippen molar-refractivity contribution in [2.24, 2.45) is 7.05 Å². The molecule has 158 valence electrons. The van der Waals surface area contributed by atoms with Crippen LogP contribution in [0.1, 0.15) is 54.9 Å². The minimum atomic E-state index is -0.318. The van der Waals surface area contributed by atoms with Crippen LogP contribution in [0.3, 0.4) is 0 Å². The molecule has 1 aliphatic heterocycles. The Morgan fingerprint density at radius 3 is 2.53 bits per heavy atom. The molecule has 30 heavy (non-hydrogen) atoms. The molecule has 2 atom stereocenters. The summed E-state index contributed by atoms with van der Waals surface area (Å²) >= 11 is 0. The molecule has 1 aliphatic rings. The highest BCUT2D eigenvalue weighted by Crippen LogP contribution is 2.25. The summed E-state index contributed by atoms with van der Waals surface area (Å²) in [7, 11) is 1.86. The van der Waals surface area contributed by atoms with Gasteiger partial charge >= 0.3 is 0 Å². The predicted molar refractivity (Wildman–Crippen MR) is 116 cm³/mol. The Kier molecular flexibility index (Phi) is 5.72. The van der Waals surface area contributed by atoms with Gasteiger partial charge in [-0.05, 0) is 51.3 Å². The number of carbonyl (C=O) groups excluding carboxylic acids is 1. The van der Waals surface area contributed by atoms with E-state index in [0.717, 1.165) is 23.5 Å². The zero-order valence-electron chi connectivity index (χ0n) is 18.1. The van der Waals surface area contributed by atoms with Crippen LogP contribution in [0.2, 0.25) is 0 Å². The van der Waals surface area contributed by atoms with E-state index in [-0.39, 0.29) is 11.7 Å². The Morgan fingerprint density at radius 2 is 1.90 bits per heavy atom. The SMILES string of the molecule is Cc1c(-c2cc(C(=O)Nc3ccc(CN4C(C)CCCC4C)cc3)on2)cnn1C. The zero-order chi connectivity index (χ0) is 21.3. The third-order valence-corrected chi connectivity index (χ3v) is 6.20. The molecule has 2 aromatic heterocycles. The molecule has 3 heterocycles. The van der Waals surface area contributed by atoms with Gasteiger partial charge in [-0.2, -0.15) is 5.10 Å².